The maximum Gasteiger partial charge on any atom is 0.254 e. The van der Waals surface area contributed by atoms with Crippen LogP contribution in [0, 0.1) is 0 Å². The number of nitrogens with two attached hydrogens (primary N) is 1. The number of hydrogen-bond acceptors (Lipinski definition) is 4. The minimum Gasteiger partial charge on any atom is -0.399 e. The van der Waals surface area contributed by atoms with Crippen molar-refractivity contribution in [2.75, 3.05) is 32.6 Å². The molecule has 19 heavy (non-hydrogen) atoms. The van der Waals surface area contributed by atoms with Gasteiger partial charge in [0.05, 0.1) is 19.8 Å². The molecule has 1 unspecified atom stereocenters. The van der Waals surface area contributed by atoms with Crippen molar-refractivity contribution in [1.82, 2.24) is 4.90 Å². The molecule has 5 nitrogen and oxygen atoms in total. The second-order valence-electron chi connectivity index (χ2n) is 4.48. The Morgan fingerprint density at radius 1 is 1.53 bits per heavy atom. The zero-order valence-electron chi connectivity index (χ0n) is 10.8. The third-order valence-corrected chi connectivity index (χ3v) is 3.31. The van der Waals surface area contributed by atoms with Crippen molar-refractivity contribution in [3.63, 3.8) is 0 Å². The molecule has 0 bridgehead atoms. The van der Waals surface area contributed by atoms with Crippen molar-refractivity contribution in [1.29, 1.82) is 0 Å². The number of carbonyl (C=O) groups is 1. The summed E-state index contributed by atoms with van der Waals surface area (Å²) in [5.74, 6) is -0.113. The number of amides is 1. The lowest BCUT2D eigenvalue weighted by Crippen LogP contribution is -2.43. The maximum absolute atomic E-state index is 12.1. The van der Waals surface area contributed by atoms with Crippen LogP contribution in [0.25, 0.3) is 0 Å². The molecule has 1 aromatic rings. The molecule has 1 aromatic carbocycles. The summed E-state index contributed by atoms with van der Waals surface area (Å²) in [6.07, 6.45) is -0.529. The van der Waals surface area contributed by atoms with Gasteiger partial charge in [-0.15, -0.1) is 0 Å². The van der Waals surface area contributed by atoms with E-state index in [1.165, 1.54) is 0 Å². The lowest BCUT2D eigenvalue weighted by molar-refractivity contribution is -0.157. The van der Waals surface area contributed by atoms with E-state index in [0.717, 1.165) is 5.56 Å². The Labute approximate surface area is 117 Å². The van der Waals surface area contributed by atoms with Crippen molar-refractivity contribution < 1.29 is 14.3 Å². The minimum atomic E-state index is -0.529. The summed E-state index contributed by atoms with van der Waals surface area (Å²) in [7, 11) is 1.71. The standard InChI is InChI=1S/C13H17ClN2O3/c1-16(13(17)12-8-18-4-5-19-12)7-9-6-10(15)2-3-11(9)14/h2-3,6,12H,4-5,7-8,15H2,1H3. The van der Waals surface area contributed by atoms with Gasteiger partial charge in [0.15, 0.2) is 6.10 Å². The first kappa shape index (κ1) is 14.1. The Balaban J connectivity index is 2.01. The lowest BCUT2D eigenvalue weighted by Gasteiger charge is -2.27. The SMILES string of the molecule is CN(Cc1cc(N)ccc1Cl)C(=O)C1COCCO1. The van der Waals surface area contributed by atoms with E-state index >= 15 is 0 Å². The summed E-state index contributed by atoms with van der Waals surface area (Å²) in [5, 5.41) is 0.592. The fourth-order valence-corrected chi connectivity index (χ4v) is 2.10. The molecule has 1 fully saturated rings. The molecular formula is C13H17ClN2O3. The van der Waals surface area contributed by atoms with E-state index in [4.69, 9.17) is 26.8 Å². The first-order chi connectivity index (χ1) is 9.08. The molecule has 0 radical (unpaired) electrons. The van der Waals surface area contributed by atoms with E-state index in [0.29, 0.717) is 37.1 Å². The van der Waals surface area contributed by atoms with Crippen molar-refractivity contribution in [2.45, 2.75) is 12.6 Å². The largest absolute Gasteiger partial charge is 0.399 e. The Hall–Kier alpha value is -1.30. The van der Waals surface area contributed by atoms with E-state index in [1.807, 2.05) is 0 Å². The third-order valence-electron chi connectivity index (χ3n) is 2.94. The number of rotatable bonds is 3. The zero-order valence-corrected chi connectivity index (χ0v) is 11.5. The number of ether oxygens (including phenoxy) is 2. The average Bonchev–Trinajstić information content (AvgIpc) is 2.43. The molecule has 1 aliphatic rings. The number of benzene rings is 1. The highest BCUT2D eigenvalue weighted by Gasteiger charge is 2.25. The van der Waals surface area contributed by atoms with E-state index in [2.05, 4.69) is 0 Å². The van der Waals surface area contributed by atoms with E-state index < -0.39 is 6.10 Å². The summed E-state index contributed by atoms with van der Waals surface area (Å²) in [6.45, 7) is 1.67. The second-order valence-corrected chi connectivity index (χ2v) is 4.89. The molecule has 1 heterocycles. The Morgan fingerprint density at radius 3 is 3.00 bits per heavy atom. The summed E-state index contributed by atoms with van der Waals surface area (Å²) >= 11 is 6.08. The second kappa shape index (κ2) is 6.23. The van der Waals surface area contributed by atoms with Crippen LogP contribution in [0.15, 0.2) is 18.2 Å². The van der Waals surface area contributed by atoms with Crippen LogP contribution in [0.1, 0.15) is 5.56 Å². The van der Waals surface area contributed by atoms with Gasteiger partial charge in [0.1, 0.15) is 0 Å². The van der Waals surface area contributed by atoms with Crippen molar-refractivity contribution in [3.8, 4) is 0 Å². The van der Waals surface area contributed by atoms with Crippen molar-refractivity contribution >= 4 is 23.2 Å². The molecule has 104 valence electrons. The normalized spacial score (nSPS) is 19.2. The molecule has 2 rings (SSSR count). The Morgan fingerprint density at radius 2 is 2.32 bits per heavy atom. The molecule has 6 heteroatoms. The van der Waals surface area contributed by atoms with Crippen LogP contribution < -0.4 is 5.73 Å². The predicted molar refractivity (Wildman–Crippen MR) is 72.9 cm³/mol. The lowest BCUT2D eigenvalue weighted by atomic mass is 10.2. The first-order valence-electron chi connectivity index (χ1n) is 6.06. The highest BCUT2D eigenvalue weighted by molar-refractivity contribution is 6.31. The van der Waals surface area contributed by atoms with E-state index in [1.54, 1.807) is 30.1 Å². The minimum absolute atomic E-state index is 0.113. The molecule has 1 aliphatic heterocycles. The van der Waals surface area contributed by atoms with Gasteiger partial charge in [-0.2, -0.15) is 0 Å². The summed E-state index contributed by atoms with van der Waals surface area (Å²) in [4.78, 5) is 13.7. The van der Waals surface area contributed by atoms with E-state index in [-0.39, 0.29) is 5.91 Å². The van der Waals surface area contributed by atoms with Gasteiger partial charge in [-0.25, -0.2) is 0 Å². The number of carbonyl (C=O) groups excluding carboxylic acids is 1. The van der Waals surface area contributed by atoms with Crippen LogP contribution in [0.2, 0.25) is 5.02 Å². The van der Waals surface area contributed by atoms with Gasteiger partial charge in [-0.1, -0.05) is 11.6 Å². The van der Waals surface area contributed by atoms with Crippen LogP contribution in [0.5, 0.6) is 0 Å². The Kier molecular flexibility index (Phi) is 4.63. The van der Waals surface area contributed by atoms with Crippen LogP contribution in [-0.2, 0) is 20.8 Å². The fraction of sp³-hybridized carbons (Fsp3) is 0.462. The molecular weight excluding hydrogens is 268 g/mol. The van der Waals surface area contributed by atoms with Gasteiger partial charge in [0.25, 0.3) is 5.91 Å². The molecule has 0 aromatic heterocycles. The third kappa shape index (κ3) is 3.59. The van der Waals surface area contributed by atoms with Crippen LogP contribution in [0.4, 0.5) is 5.69 Å². The predicted octanol–water partition coefficient (Wildman–Crippen LogP) is 1.30. The topological polar surface area (TPSA) is 64.8 Å². The number of nitrogens with zero attached hydrogens (tertiary/aromatic N) is 1. The van der Waals surface area contributed by atoms with Gasteiger partial charge >= 0.3 is 0 Å². The molecule has 0 saturated carbocycles. The van der Waals surface area contributed by atoms with Crippen LogP contribution >= 0.6 is 11.6 Å². The fourth-order valence-electron chi connectivity index (χ4n) is 1.93. The first-order valence-corrected chi connectivity index (χ1v) is 6.44. The van der Waals surface area contributed by atoms with Crippen LogP contribution in [-0.4, -0.2) is 43.8 Å². The van der Waals surface area contributed by atoms with Gasteiger partial charge in [-0.05, 0) is 23.8 Å². The molecule has 2 N–H and O–H groups in total. The zero-order chi connectivity index (χ0) is 13.8. The number of nitrogen functional groups attached to an aromatic ring is 1. The summed E-state index contributed by atoms with van der Waals surface area (Å²) < 4.78 is 10.6. The molecule has 1 saturated heterocycles. The van der Waals surface area contributed by atoms with Gasteiger partial charge in [-0.3, -0.25) is 4.79 Å². The van der Waals surface area contributed by atoms with E-state index in [9.17, 15) is 4.79 Å². The highest BCUT2D eigenvalue weighted by atomic mass is 35.5. The quantitative estimate of drug-likeness (QED) is 0.850. The van der Waals surface area contributed by atoms with Crippen LogP contribution in [0.3, 0.4) is 0 Å². The van der Waals surface area contributed by atoms with Gasteiger partial charge in [0, 0.05) is 24.3 Å². The summed E-state index contributed by atoms with van der Waals surface area (Å²) in [6, 6.07) is 5.22. The van der Waals surface area contributed by atoms with Gasteiger partial charge in [0.2, 0.25) is 0 Å². The van der Waals surface area contributed by atoms with Crippen molar-refractivity contribution in [3.05, 3.63) is 28.8 Å². The number of halogens is 1. The number of anilines is 1. The molecule has 0 spiro atoms. The Bertz CT molecular complexity index is 461. The van der Waals surface area contributed by atoms with Crippen molar-refractivity contribution in [2.24, 2.45) is 0 Å². The summed E-state index contributed by atoms with van der Waals surface area (Å²) in [5.41, 5.74) is 7.15. The molecule has 0 aliphatic carbocycles. The number of likely N-dealkylation sites (N-methyl/N-ethyl adjacent to an activating group) is 1. The smallest absolute Gasteiger partial charge is 0.254 e. The average molecular weight is 285 g/mol. The molecule has 1 atom stereocenters. The van der Waals surface area contributed by atoms with Gasteiger partial charge < -0.3 is 20.1 Å². The number of hydrogen-bond donors (Lipinski definition) is 1. The highest BCUT2D eigenvalue weighted by Crippen LogP contribution is 2.20. The maximum atomic E-state index is 12.1. The molecule has 1 amide bonds. The monoisotopic (exact) mass is 284 g/mol.